The minimum absolute atomic E-state index is 0.0602. The molecule has 0 saturated carbocycles. The maximum absolute atomic E-state index is 11.2. The molecule has 13 heavy (non-hydrogen) atoms. The summed E-state index contributed by atoms with van der Waals surface area (Å²) in [5.41, 5.74) is -0.397. The average molecular weight is 179 g/mol. The quantitative estimate of drug-likeness (QED) is 0.682. The molecule has 0 atom stereocenters. The zero-order valence-electron chi connectivity index (χ0n) is 7.38. The van der Waals surface area contributed by atoms with Crippen LogP contribution in [0.4, 0.5) is 0 Å². The third-order valence-corrected chi connectivity index (χ3v) is 1.66. The van der Waals surface area contributed by atoms with Gasteiger partial charge < -0.3 is 4.98 Å². The van der Waals surface area contributed by atoms with Crippen molar-refractivity contribution in [1.82, 2.24) is 4.98 Å². The highest BCUT2D eigenvalue weighted by atomic mass is 16.1. The summed E-state index contributed by atoms with van der Waals surface area (Å²) in [5, 5.41) is 0. The Hall–Kier alpha value is -1.71. The van der Waals surface area contributed by atoms with Crippen LogP contribution in [0.5, 0.6) is 0 Å². The van der Waals surface area contributed by atoms with Crippen LogP contribution in [0.3, 0.4) is 0 Å². The molecular weight excluding hydrogens is 170 g/mol. The summed E-state index contributed by atoms with van der Waals surface area (Å²) in [6, 6.07) is 1.23. The van der Waals surface area contributed by atoms with Crippen LogP contribution in [-0.4, -0.2) is 16.6 Å². The van der Waals surface area contributed by atoms with Crippen molar-refractivity contribution in [3.05, 3.63) is 33.7 Å². The van der Waals surface area contributed by atoms with E-state index < -0.39 is 11.2 Å². The van der Waals surface area contributed by atoms with Gasteiger partial charge in [-0.25, -0.2) is 0 Å². The van der Waals surface area contributed by atoms with E-state index in [0.29, 0.717) is 0 Å². The first-order valence-electron chi connectivity index (χ1n) is 3.77. The fourth-order valence-corrected chi connectivity index (χ4v) is 1.11. The first-order valence-corrected chi connectivity index (χ1v) is 3.77. The number of Topliss-reactive ketones (excluding diaryl/α,β-unsaturated/α-hetero) is 2. The van der Waals surface area contributed by atoms with E-state index in [9.17, 15) is 14.4 Å². The van der Waals surface area contributed by atoms with E-state index >= 15 is 0 Å². The molecule has 68 valence electrons. The highest BCUT2D eigenvalue weighted by Gasteiger charge is 2.14. The maximum atomic E-state index is 11.2. The molecule has 1 aromatic rings. The first-order chi connectivity index (χ1) is 6.04. The van der Waals surface area contributed by atoms with Crippen LogP contribution < -0.4 is 5.43 Å². The molecule has 4 heteroatoms. The Labute approximate surface area is 74.6 Å². The second-order valence-electron chi connectivity index (χ2n) is 2.70. The summed E-state index contributed by atoms with van der Waals surface area (Å²) in [7, 11) is 0. The number of carbonyl (C=O) groups excluding carboxylic acids is 2. The average Bonchev–Trinajstić information content (AvgIpc) is 2.02. The third kappa shape index (κ3) is 1.72. The van der Waals surface area contributed by atoms with Gasteiger partial charge in [-0.05, 0) is 6.92 Å². The van der Waals surface area contributed by atoms with Gasteiger partial charge in [-0.3, -0.25) is 14.4 Å². The van der Waals surface area contributed by atoms with Crippen molar-refractivity contribution in [2.75, 3.05) is 0 Å². The van der Waals surface area contributed by atoms with E-state index in [1.807, 2.05) is 0 Å². The van der Waals surface area contributed by atoms with Crippen LogP contribution >= 0.6 is 0 Å². The van der Waals surface area contributed by atoms with Gasteiger partial charge >= 0.3 is 0 Å². The van der Waals surface area contributed by atoms with Gasteiger partial charge in [0.2, 0.25) is 0 Å². The molecule has 1 heterocycles. The van der Waals surface area contributed by atoms with Crippen molar-refractivity contribution in [1.29, 1.82) is 0 Å². The summed E-state index contributed by atoms with van der Waals surface area (Å²) in [6.07, 6.45) is 1.35. The molecule has 1 rings (SSSR count). The zero-order valence-corrected chi connectivity index (χ0v) is 7.38. The molecule has 1 aromatic heterocycles. The lowest BCUT2D eigenvalue weighted by molar-refractivity contribution is 0.0976. The van der Waals surface area contributed by atoms with Gasteiger partial charge in [0.25, 0.3) is 0 Å². The van der Waals surface area contributed by atoms with Crippen LogP contribution in [0.25, 0.3) is 0 Å². The van der Waals surface area contributed by atoms with E-state index in [4.69, 9.17) is 0 Å². The molecule has 1 N–H and O–H groups in total. The molecule has 0 radical (unpaired) electrons. The summed E-state index contributed by atoms with van der Waals surface area (Å²) < 4.78 is 0. The van der Waals surface area contributed by atoms with Crippen LogP contribution in [0, 0.1) is 0 Å². The minimum atomic E-state index is -0.420. The summed E-state index contributed by atoms with van der Waals surface area (Å²) in [4.78, 5) is 35.8. The second-order valence-corrected chi connectivity index (χ2v) is 2.70. The van der Waals surface area contributed by atoms with E-state index in [0.717, 1.165) is 0 Å². The van der Waals surface area contributed by atoms with Gasteiger partial charge in [-0.1, -0.05) is 0 Å². The highest BCUT2D eigenvalue weighted by molar-refractivity contribution is 6.05. The van der Waals surface area contributed by atoms with Crippen molar-refractivity contribution in [3.63, 3.8) is 0 Å². The lowest BCUT2D eigenvalue weighted by Gasteiger charge is -2.00. The Morgan fingerprint density at radius 3 is 2.23 bits per heavy atom. The zero-order chi connectivity index (χ0) is 10.0. The number of rotatable bonds is 2. The van der Waals surface area contributed by atoms with Crippen molar-refractivity contribution >= 4 is 11.6 Å². The van der Waals surface area contributed by atoms with Crippen molar-refractivity contribution < 1.29 is 9.59 Å². The number of ketones is 2. The predicted molar refractivity (Wildman–Crippen MR) is 47.1 cm³/mol. The summed E-state index contributed by atoms with van der Waals surface area (Å²) in [5.74, 6) is -0.713. The number of aromatic nitrogens is 1. The molecule has 0 amide bonds. The number of carbonyl (C=O) groups is 2. The third-order valence-electron chi connectivity index (χ3n) is 1.66. The Bertz CT molecular complexity index is 417. The molecule has 0 bridgehead atoms. The number of aromatic amines is 1. The standard InChI is InChI=1S/C9H9NO3/c1-5(11)8-7(13)3-4-10-9(8)6(2)12/h3-4H,1-2H3,(H,10,13). The molecule has 0 unspecified atom stereocenters. The van der Waals surface area contributed by atoms with Gasteiger partial charge in [0, 0.05) is 19.2 Å². The Balaban J connectivity index is 3.52. The largest absolute Gasteiger partial charge is 0.358 e. The molecule has 0 aliphatic carbocycles. The van der Waals surface area contributed by atoms with Crippen molar-refractivity contribution in [3.8, 4) is 0 Å². The van der Waals surface area contributed by atoms with Gasteiger partial charge in [0.1, 0.15) is 0 Å². The lowest BCUT2D eigenvalue weighted by atomic mass is 10.1. The topological polar surface area (TPSA) is 67.0 Å². The Kier molecular flexibility index (Phi) is 2.41. The van der Waals surface area contributed by atoms with E-state index in [1.165, 1.54) is 26.1 Å². The molecule has 0 aromatic carbocycles. The highest BCUT2D eigenvalue weighted by Crippen LogP contribution is 2.01. The first kappa shape index (κ1) is 9.38. The number of pyridine rings is 1. The smallest absolute Gasteiger partial charge is 0.193 e. The number of nitrogens with one attached hydrogen (secondary N) is 1. The lowest BCUT2D eigenvalue weighted by Crippen LogP contribution is -2.18. The number of H-pyrrole nitrogens is 1. The molecular formula is C9H9NO3. The molecule has 0 spiro atoms. The van der Waals surface area contributed by atoms with Crippen molar-refractivity contribution in [2.24, 2.45) is 0 Å². The van der Waals surface area contributed by atoms with E-state index in [2.05, 4.69) is 4.98 Å². The Morgan fingerprint density at radius 1 is 1.23 bits per heavy atom. The van der Waals surface area contributed by atoms with Crippen LogP contribution in [0.1, 0.15) is 34.7 Å². The monoisotopic (exact) mass is 179 g/mol. The van der Waals surface area contributed by atoms with Gasteiger partial charge in [0.05, 0.1) is 11.3 Å². The fourth-order valence-electron chi connectivity index (χ4n) is 1.11. The molecule has 0 saturated heterocycles. The van der Waals surface area contributed by atoms with Crippen LogP contribution in [0.15, 0.2) is 17.1 Å². The molecule has 0 aliphatic rings. The number of hydrogen-bond acceptors (Lipinski definition) is 3. The SMILES string of the molecule is CC(=O)c1[nH]ccc(=O)c1C(C)=O. The minimum Gasteiger partial charge on any atom is -0.358 e. The van der Waals surface area contributed by atoms with Gasteiger partial charge in [-0.15, -0.1) is 0 Å². The summed E-state index contributed by atoms with van der Waals surface area (Å²) >= 11 is 0. The molecule has 0 aliphatic heterocycles. The van der Waals surface area contributed by atoms with Crippen LogP contribution in [0.2, 0.25) is 0 Å². The van der Waals surface area contributed by atoms with Gasteiger partial charge in [-0.2, -0.15) is 0 Å². The number of hydrogen-bond donors (Lipinski definition) is 1. The molecule has 4 nitrogen and oxygen atoms in total. The Morgan fingerprint density at radius 2 is 1.85 bits per heavy atom. The fraction of sp³-hybridized carbons (Fsp3) is 0.222. The molecule has 0 fully saturated rings. The normalized spacial score (nSPS) is 9.69. The maximum Gasteiger partial charge on any atom is 0.193 e. The van der Waals surface area contributed by atoms with E-state index in [-0.39, 0.29) is 17.0 Å². The van der Waals surface area contributed by atoms with E-state index in [1.54, 1.807) is 0 Å². The summed E-state index contributed by atoms with van der Waals surface area (Å²) in [6.45, 7) is 2.56. The second kappa shape index (κ2) is 3.35. The van der Waals surface area contributed by atoms with Gasteiger partial charge in [0.15, 0.2) is 17.0 Å². The van der Waals surface area contributed by atoms with Crippen LogP contribution in [-0.2, 0) is 0 Å². The van der Waals surface area contributed by atoms with Crippen molar-refractivity contribution in [2.45, 2.75) is 13.8 Å². The predicted octanol–water partition coefficient (Wildman–Crippen LogP) is 0.780.